The molecule has 0 aromatic carbocycles. The molecule has 0 saturated heterocycles. The van der Waals surface area contributed by atoms with E-state index in [1.54, 1.807) is 11.3 Å². The monoisotopic (exact) mass is 242 g/mol. The summed E-state index contributed by atoms with van der Waals surface area (Å²) in [6.45, 7) is 10.0. The van der Waals surface area contributed by atoms with Crippen molar-refractivity contribution in [3.05, 3.63) is 16.1 Å². The standard InChI is InChI=1S/C12H22N2OS/c1-9(15)5-6-13-7-10-8-14-11(16-10)12(2,3)4/h8-9,13,15H,5-7H2,1-4H3. The Kier molecular flexibility index (Phi) is 4.89. The molecule has 0 amide bonds. The summed E-state index contributed by atoms with van der Waals surface area (Å²) in [6.07, 6.45) is 2.52. The number of hydrogen-bond acceptors (Lipinski definition) is 4. The largest absolute Gasteiger partial charge is 0.393 e. The molecule has 1 rings (SSSR count). The molecular formula is C12H22N2OS. The summed E-state index contributed by atoms with van der Waals surface area (Å²) in [6, 6.07) is 0. The smallest absolute Gasteiger partial charge is 0.0981 e. The van der Waals surface area contributed by atoms with Gasteiger partial charge in [0, 0.05) is 23.0 Å². The lowest BCUT2D eigenvalue weighted by molar-refractivity contribution is 0.183. The van der Waals surface area contributed by atoms with Crippen LogP contribution in [0, 0.1) is 0 Å². The second kappa shape index (κ2) is 5.75. The summed E-state index contributed by atoms with van der Waals surface area (Å²) >= 11 is 1.76. The first-order chi connectivity index (χ1) is 7.39. The number of aromatic nitrogens is 1. The van der Waals surface area contributed by atoms with Gasteiger partial charge in [0.2, 0.25) is 0 Å². The lowest BCUT2D eigenvalue weighted by atomic mass is 9.98. The summed E-state index contributed by atoms with van der Waals surface area (Å²) in [4.78, 5) is 5.69. The van der Waals surface area contributed by atoms with Crippen molar-refractivity contribution >= 4 is 11.3 Å². The molecule has 92 valence electrons. The molecule has 0 fully saturated rings. The van der Waals surface area contributed by atoms with Gasteiger partial charge in [-0.15, -0.1) is 11.3 Å². The highest BCUT2D eigenvalue weighted by Crippen LogP contribution is 2.26. The van der Waals surface area contributed by atoms with Crippen LogP contribution in [0.2, 0.25) is 0 Å². The highest BCUT2D eigenvalue weighted by atomic mass is 32.1. The van der Waals surface area contributed by atoms with Crippen molar-refractivity contribution in [2.75, 3.05) is 6.54 Å². The van der Waals surface area contributed by atoms with Crippen molar-refractivity contribution in [3.8, 4) is 0 Å². The third-order valence-corrected chi connectivity index (χ3v) is 3.66. The van der Waals surface area contributed by atoms with Gasteiger partial charge in [-0.2, -0.15) is 0 Å². The average Bonchev–Trinajstić information content (AvgIpc) is 2.59. The quantitative estimate of drug-likeness (QED) is 0.779. The fraction of sp³-hybridized carbons (Fsp3) is 0.750. The first-order valence-electron chi connectivity index (χ1n) is 5.73. The van der Waals surface area contributed by atoms with E-state index in [9.17, 15) is 0 Å². The number of thiazole rings is 1. The highest BCUT2D eigenvalue weighted by Gasteiger charge is 2.17. The third-order valence-electron chi connectivity index (χ3n) is 2.23. The topological polar surface area (TPSA) is 45.1 Å². The van der Waals surface area contributed by atoms with Crippen LogP contribution in [0.15, 0.2) is 6.20 Å². The van der Waals surface area contributed by atoms with Gasteiger partial charge in [0.1, 0.15) is 0 Å². The van der Waals surface area contributed by atoms with Gasteiger partial charge in [-0.25, -0.2) is 4.98 Å². The first-order valence-corrected chi connectivity index (χ1v) is 6.55. The Morgan fingerprint density at radius 3 is 2.69 bits per heavy atom. The average molecular weight is 242 g/mol. The summed E-state index contributed by atoms with van der Waals surface area (Å²) in [5, 5.41) is 13.6. The summed E-state index contributed by atoms with van der Waals surface area (Å²) in [5.74, 6) is 0. The van der Waals surface area contributed by atoms with Crippen molar-refractivity contribution in [3.63, 3.8) is 0 Å². The predicted molar refractivity (Wildman–Crippen MR) is 68.8 cm³/mol. The van der Waals surface area contributed by atoms with Gasteiger partial charge >= 0.3 is 0 Å². The summed E-state index contributed by atoms with van der Waals surface area (Å²) in [5.41, 5.74) is 0.141. The maximum atomic E-state index is 9.11. The third kappa shape index (κ3) is 4.60. The maximum absolute atomic E-state index is 9.11. The molecule has 16 heavy (non-hydrogen) atoms. The van der Waals surface area contributed by atoms with Crippen molar-refractivity contribution in [2.24, 2.45) is 0 Å². The molecule has 1 aromatic heterocycles. The van der Waals surface area contributed by atoms with Crippen LogP contribution >= 0.6 is 11.3 Å². The SMILES string of the molecule is CC(O)CCNCc1cnc(C(C)(C)C)s1. The zero-order valence-corrected chi connectivity index (χ0v) is 11.4. The van der Waals surface area contributed by atoms with Crippen LogP contribution in [-0.4, -0.2) is 22.7 Å². The van der Waals surface area contributed by atoms with Crippen molar-refractivity contribution in [1.29, 1.82) is 0 Å². The minimum absolute atomic E-state index is 0.141. The van der Waals surface area contributed by atoms with Gasteiger partial charge in [0.05, 0.1) is 11.1 Å². The molecule has 1 heterocycles. The Labute approximate surface area is 102 Å². The predicted octanol–water partition coefficient (Wildman–Crippen LogP) is 2.30. The lowest BCUT2D eigenvalue weighted by Crippen LogP contribution is -2.18. The molecule has 0 radical (unpaired) electrons. The zero-order chi connectivity index (χ0) is 12.2. The normalized spacial score (nSPS) is 14.1. The van der Waals surface area contributed by atoms with E-state index in [1.165, 1.54) is 9.88 Å². The fourth-order valence-electron chi connectivity index (χ4n) is 1.26. The number of nitrogens with one attached hydrogen (secondary N) is 1. The molecule has 0 aliphatic rings. The van der Waals surface area contributed by atoms with Gasteiger partial charge in [-0.05, 0) is 19.9 Å². The maximum Gasteiger partial charge on any atom is 0.0981 e. The van der Waals surface area contributed by atoms with Crippen molar-refractivity contribution in [2.45, 2.75) is 52.2 Å². The van der Waals surface area contributed by atoms with E-state index in [0.29, 0.717) is 0 Å². The Morgan fingerprint density at radius 1 is 1.50 bits per heavy atom. The second-order valence-corrected chi connectivity index (χ2v) is 6.31. The Balaban J connectivity index is 2.36. The van der Waals surface area contributed by atoms with Gasteiger partial charge < -0.3 is 10.4 Å². The van der Waals surface area contributed by atoms with Crippen LogP contribution in [0.1, 0.15) is 44.0 Å². The Bertz CT molecular complexity index is 315. The van der Waals surface area contributed by atoms with Crippen LogP contribution in [0.5, 0.6) is 0 Å². The molecule has 1 atom stereocenters. The van der Waals surface area contributed by atoms with E-state index in [0.717, 1.165) is 19.5 Å². The Hall–Kier alpha value is -0.450. The van der Waals surface area contributed by atoms with Gasteiger partial charge in [0.15, 0.2) is 0 Å². The lowest BCUT2D eigenvalue weighted by Gasteiger charge is -2.13. The van der Waals surface area contributed by atoms with Crippen LogP contribution < -0.4 is 5.32 Å². The molecule has 0 saturated carbocycles. The second-order valence-electron chi connectivity index (χ2n) is 5.20. The van der Waals surface area contributed by atoms with Crippen LogP contribution in [0.3, 0.4) is 0 Å². The highest BCUT2D eigenvalue weighted by molar-refractivity contribution is 7.11. The van der Waals surface area contributed by atoms with E-state index in [1.807, 2.05) is 13.1 Å². The first kappa shape index (κ1) is 13.6. The molecule has 1 unspecified atom stereocenters. The summed E-state index contributed by atoms with van der Waals surface area (Å²) in [7, 11) is 0. The van der Waals surface area contributed by atoms with Gasteiger partial charge in [0.25, 0.3) is 0 Å². The van der Waals surface area contributed by atoms with E-state index in [4.69, 9.17) is 5.11 Å². The van der Waals surface area contributed by atoms with E-state index < -0.39 is 0 Å². The fourth-order valence-corrected chi connectivity index (χ4v) is 2.20. The Morgan fingerprint density at radius 2 is 2.19 bits per heavy atom. The molecule has 2 N–H and O–H groups in total. The van der Waals surface area contributed by atoms with Crippen molar-refractivity contribution in [1.82, 2.24) is 10.3 Å². The number of aliphatic hydroxyl groups is 1. The number of nitrogens with zero attached hydrogens (tertiary/aromatic N) is 1. The zero-order valence-electron chi connectivity index (χ0n) is 10.6. The van der Waals surface area contributed by atoms with Gasteiger partial charge in [-0.1, -0.05) is 20.8 Å². The molecule has 3 nitrogen and oxygen atoms in total. The van der Waals surface area contributed by atoms with E-state index >= 15 is 0 Å². The number of aliphatic hydroxyl groups excluding tert-OH is 1. The van der Waals surface area contributed by atoms with E-state index in [-0.39, 0.29) is 11.5 Å². The molecular weight excluding hydrogens is 220 g/mol. The molecule has 0 aliphatic carbocycles. The number of rotatable bonds is 5. The van der Waals surface area contributed by atoms with Crippen LogP contribution in [-0.2, 0) is 12.0 Å². The summed E-state index contributed by atoms with van der Waals surface area (Å²) < 4.78 is 0. The molecule has 0 spiro atoms. The van der Waals surface area contributed by atoms with E-state index in [2.05, 4.69) is 31.1 Å². The van der Waals surface area contributed by atoms with Crippen molar-refractivity contribution < 1.29 is 5.11 Å². The number of hydrogen-bond donors (Lipinski definition) is 2. The molecule has 1 aromatic rings. The van der Waals surface area contributed by atoms with Crippen LogP contribution in [0.4, 0.5) is 0 Å². The molecule has 0 bridgehead atoms. The van der Waals surface area contributed by atoms with Crippen LogP contribution in [0.25, 0.3) is 0 Å². The molecule has 0 aliphatic heterocycles. The molecule has 4 heteroatoms. The minimum atomic E-state index is -0.223. The van der Waals surface area contributed by atoms with Gasteiger partial charge in [-0.3, -0.25) is 0 Å². The minimum Gasteiger partial charge on any atom is -0.393 e.